The van der Waals surface area contributed by atoms with Crippen LogP contribution in [-0.4, -0.2) is 41.6 Å². The van der Waals surface area contributed by atoms with E-state index >= 15 is 0 Å². The molecule has 2 aliphatic heterocycles. The van der Waals surface area contributed by atoms with Crippen LogP contribution in [-0.2, 0) is 14.3 Å². The summed E-state index contributed by atoms with van der Waals surface area (Å²) in [5, 5.41) is 10.3. The van der Waals surface area contributed by atoms with E-state index in [2.05, 4.69) is 25.1 Å². The van der Waals surface area contributed by atoms with Crippen LogP contribution in [0.15, 0.2) is 59.7 Å². The lowest BCUT2D eigenvalue weighted by atomic mass is 9.68. The van der Waals surface area contributed by atoms with Crippen LogP contribution in [0.1, 0.15) is 50.2 Å². The van der Waals surface area contributed by atoms with Crippen molar-refractivity contribution in [3.63, 3.8) is 0 Å². The fourth-order valence-electron chi connectivity index (χ4n) is 6.23. The number of phenolic OH excluding ortho intramolecular Hbond substituents is 1. The van der Waals surface area contributed by atoms with Crippen LogP contribution in [0.5, 0.6) is 5.75 Å². The maximum atomic E-state index is 13.0. The number of aromatic hydroxyl groups is 1. The van der Waals surface area contributed by atoms with E-state index in [9.17, 15) is 14.7 Å². The van der Waals surface area contributed by atoms with Crippen LogP contribution >= 0.6 is 11.6 Å². The summed E-state index contributed by atoms with van der Waals surface area (Å²) in [6.07, 6.45) is 6.17. The minimum absolute atomic E-state index is 0.00704. The molecule has 0 spiro atoms. The summed E-state index contributed by atoms with van der Waals surface area (Å²) < 4.78 is 6.35. The molecule has 6 heteroatoms. The van der Waals surface area contributed by atoms with E-state index in [0.29, 0.717) is 18.1 Å². The van der Waals surface area contributed by atoms with E-state index in [-0.39, 0.29) is 41.4 Å². The Morgan fingerprint density at radius 3 is 2.64 bits per heavy atom. The molecular weight excluding hydrogens is 474 g/mol. The molecule has 2 fully saturated rings. The number of hydrogen-bond donors (Lipinski definition) is 1. The van der Waals surface area contributed by atoms with Gasteiger partial charge in [0.15, 0.2) is 0 Å². The number of ether oxygens (including phenoxy) is 1. The van der Waals surface area contributed by atoms with Crippen molar-refractivity contribution in [2.45, 2.75) is 45.1 Å². The Kier molecular flexibility index (Phi) is 7.05. The van der Waals surface area contributed by atoms with Crippen LogP contribution in [0.4, 0.5) is 0 Å². The van der Waals surface area contributed by atoms with Crippen molar-refractivity contribution in [2.75, 3.05) is 13.7 Å². The molecule has 3 aliphatic rings. The van der Waals surface area contributed by atoms with Gasteiger partial charge in [0, 0.05) is 13.0 Å². The maximum absolute atomic E-state index is 13.0. The fourth-order valence-corrected chi connectivity index (χ4v) is 6.46. The van der Waals surface area contributed by atoms with E-state index in [1.807, 2.05) is 24.3 Å². The smallest absolute Gasteiger partial charge is 0.233 e. The Morgan fingerprint density at radius 1 is 1.14 bits per heavy atom. The van der Waals surface area contributed by atoms with Gasteiger partial charge >= 0.3 is 0 Å². The zero-order valence-corrected chi connectivity index (χ0v) is 21.5. The minimum atomic E-state index is -0.289. The number of allylic oxidation sites excluding steroid dienone is 2. The van der Waals surface area contributed by atoms with Gasteiger partial charge in [-0.25, -0.2) is 0 Å². The van der Waals surface area contributed by atoms with Crippen LogP contribution in [0, 0.1) is 17.8 Å². The van der Waals surface area contributed by atoms with Crippen LogP contribution < -0.4 is 0 Å². The number of rotatable bonds is 7. The number of fused-ring (bicyclic) bond motifs is 3. The Labute approximate surface area is 217 Å². The normalized spacial score (nSPS) is 26.0. The predicted octanol–water partition coefficient (Wildman–Crippen LogP) is 6.11. The van der Waals surface area contributed by atoms with Gasteiger partial charge in [0.2, 0.25) is 11.8 Å². The lowest BCUT2D eigenvalue weighted by molar-refractivity contribution is -0.138. The lowest BCUT2D eigenvalue weighted by Crippen LogP contribution is -2.34. The molecule has 5 nitrogen and oxygen atoms in total. The predicted molar refractivity (Wildman–Crippen MR) is 141 cm³/mol. The molecule has 2 aromatic carbocycles. The third-order valence-electron chi connectivity index (χ3n) is 7.91. The largest absolute Gasteiger partial charge is 0.508 e. The number of nitrogens with zero attached hydrogens (tertiary/aromatic N) is 1. The first-order valence-electron chi connectivity index (χ1n) is 12.8. The molecule has 36 heavy (non-hydrogen) atoms. The van der Waals surface area contributed by atoms with Crippen LogP contribution in [0.2, 0.25) is 5.02 Å². The second-order valence-corrected chi connectivity index (χ2v) is 10.5. The molecule has 0 unspecified atom stereocenters. The zero-order valence-electron chi connectivity index (χ0n) is 20.7. The molecule has 5 rings (SSSR count). The molecule has 1 N–H and O–H groups in total. The Morgan fingerprint density at radius 2 is 1.92 bits per heavy atom. The van der Waals surface area contributed by atoms with Gasteiger partial charge in [0.1, 0.15) is 5.75 Å². The Balaban J connectivity index is 1.44. The number of amides is 2. The summed E-state index contributed by atoms with van der Waals surface area (Å²) in [6, 6.07) is 15.2. The van der Waals surface area contributed by atoms with Crippen molar-refractivity contribution in [1.82, 2.24) is 4.90 Å². The minimum Gasteiger partial charge on any atom is -0.508 e. The van der Waals surface area contributed by atoms with E-state index in [1.54, 1.807) is 19.2 Å². The molecule has 0 saturated carbocycles. The third-order valence-corrected chi connectivity index (χ3v) is 8.24. The first-order valence-corrected chi connectivity index (χ1v) is 13.2. The van der Waals surface area contributed by atoms with E-state index in [4.69, 9.17) is 16.3 Å². The van der Waals surface area contributed by atoms with E-state index in [0.717, 1.165) is 42.4 Å². The molecule has 2 amide bonds. The van der Waals surface area contributed by atoms with Crippen molar-refractivity contribution >= 4 is 35.1 Å². The summed E-state index contributed by atoms with van der Waals surface area (Å²) in [5.41, 5.74) is 5.68. The molecule has 0 bridgehead atoms. The molecule has 188 valence electrons. The van der Waals surface area contributed by atoms with Gasteiger partial charge in [-0.1, -0.05) is 60.9 Å². The SMILES string of the molecule is CCCC1=C2[C@@H](CC/C(=C/c3ccc(O)cc3Cl)c3ccccc3)OC[C@@H]2[C@@H]2C(=O)N(C)C(=O)[C@@H]2C1. The first-order chi connectivity index (χ1) is 17.4. The summed E-state index contributed by atoms with van der Waals surface area (Å²) >= 11 is 6.42. The first kappa shape index (κ1) is 24.8. The maximum Gasteiger partial charge on any atom is 0.233 e. The number of imide groups is 1. The number of likely N-dealkylation sites (tertiary alicyclic amines) is 1. The summed E-state index contributed by atoms with van der Waals surface area (Å²) in [6.45, 7) is 2.65. The van der Waals surface area contributed by atoms with Gasteiger partial charge in [-0.3, -0.25) is 14.5 Å². The molecule has 0 radical (unpaired) electrons. The molecule has 2 saturated heterocycles. The molecule has 1 aliphatic carbocycles. The van der Waals surface area contributed by atoms with Crippen molar-refractivity contribution in [3.8, 4) is 5.75 Å². The summed E-state index contributed by atoms with van der Waals surface area (Å²) in [4.78, 5) is 27.1. The van der Waals surface area contributed by atoms with Crippen molar-refractivity contribution in [2.24, 2.45) is 17.8 Å². The van der Waals surface area contributed by atoms with E-state index in [1.165, 1.54) is 16.0 Å². The lowest BCUT2D eigenvalue weighted by Gasteiger charge is -2.32. The highest BCUT2D eigenvalue weighted by Crippen LogP contribution is 2.50. The average Bonchev–Trinajstić information content (AvgIpc) is 3.39. The monoisotopic (exact) mass is 505 g/mol. The average molecular weight is 506 g/mol. The van der Waals surface area contributed by atoms with Gasteiger partial charge in [0.05, 0.1) is 29.6 Å². The topological polar surface area (TPSA) is 66.8 Å². The number of hydrogen-bond acceptors (Lipinski definition) is 4. The zero-order chi connectivity index (χ0) is 25.4. The van der Waals surface area contributed by atoms with Gasteiger partial charge < -0.3 is 9.84 Å². The Hall–Kier alpha value is -2.89. The highest BCUT2D eigenvalue weighted by molar-refractivity contribution is 6.32. The second kappa shape index (κ2) is 10.2. The van der Waals surface area contributed by atoms with Gasteiger partial charge in [-0.05, 0) is 72.2 Å². The molecule has 2 aromatic rings. The van der Waals surface area contributed by atoms with Crippen LogP contribution in [0.25, 0.3) is 11.6 Å². The second-order valence-electron chi connectivity index (χ2n) is 10.1. The van der Waals surface area contributed by atoms with Gasteiger partial charge in [-0.15, -0.1) is 0 Å². The van der Waals surface area contributed by atoms with Crippen molar-refractivity contribution in [3.05, 3.63) is 75.8 Å². The van der Waals surface area contributed by atoms with Gasteiger partial charge in [-0.2, -0.15) is 0 Å². The number of carbonyl (C=O) groups excluding carboxylic acids is 2. The highest BCUT2D eigenvalue weighted by atomic mass is 35.5. The number of phenols is 1. The number of carbonyl (C=O) groups is 2. The standard InChI is InChI=1S/C30H32ClNO4/c1-3-7-21-15-23-28(30(35)32(2)29(23)34)24-17-36-26(27(21)24)13-11-19(18-8-5-4-6-9-18)14-20-10-12-22(33)16-25(20)31/h4-6,8-10,12,14,16,23-24,26,28,33H,3,7,11,13,15,17H2,1-2H3/b19-14-/t23-,24+,26-,28-/m1/s1. The Bertz CT molecular complexity index is 1230. The molecule has 2 heterocycles. The summed E-state index contributed by atoms with van der Waals surface area (Å²) in [5.74, 6) is -0.493. The summed E-state index contributed by atoms with van der Waals surface area (Å²) in [7, 11) is 1.61. The van der Waals surface area contributed by atoms with Crippen molar-refractivity contribution in [1.29, 1.82) is 0 Å². The fraction of sp³-hybridized carbons (Fsp3) is 0.400. The number of benzene rings is 2. The van der Waals surface area contributed by atoms with Gasteiger partial charge in [0.25, 0.3) is 0 Å². The number of halogens is 1. The van der Waals surface area contributed by atoms with Crippen molar-refractivity contribution < 1.29 is 19.4 Å². The third kappa shape index (κ3) is 4.51. The highest BCUT2D eigenvalue weighted by Gasteiger charge is 2.55. The molecule has 4 atom stereocenters. The molecule has 0 aromatic heterocycles. The quantitative estimate of drug-likeness (QED) is 0.280. The van der Waals surface area contributed by atoms with E-state index < -0.39 is 0 Å². The van der Waals surface area contributed by atoms with Crippen LogP contribution in [0.3, 0.4) is 0 Å². The molecular formula is C30H32ClNO4.